The van der Waals surface area contributed by atoms with Gasteiger partial charge in [-0.1, -0.05) is 60.7 Å². The molecule has 0 bridgehead atoms. The first-order valence-electron chi connectivity index (χ1n) is 21.0. The van der Waals surface area contributed by atoms with Crippen LogP contribution in [0.3, 0.4) is 0 Å². The van der Waals surface area contributed by atoms with Crippen molar-refractivity contribution in [2.75, 3.05) is 13.1 Å². The van der Waals surface area contributed by atoms with E-state index in [-0.39, 0.29) is 72.4 Å². The van der Waals surface area contributed by atoms with Gasteiger partial charge in [0.15, 0.2) is 0 Å². The summed E-state index contributed by atoms with van der Waals surface area (Å²) >= 11 is 3.36. The normalized spacial score (nSPS) is 19.3. The van der Waals surface area contributed by atoms with Crippen molar-refractivity contribution in [1.29, 1.82) is 0 Å². The molecule has 2 saturated carbocycles. The molecule has 4 atom stereocenters. The van der Waals surface area contributed by atoms with E-state index in [4.69, 9.17) is 9.97 Å². The van der Waals surface area contributed by atoms with Crippen LogP contribution in [0, 0.1) is 11.8 Å². The second-order valence-electron chi connectivity index (χ2n) is 16.3. The van der Waals surface area contributed by atoms with E-state index in [9.17, 15) is 19.2 Å². The van der Waals surface area contributed by atoms with Gasteiger partial charge in [0.2, 0.25) is 23.6 Å². The third-order valence-corrected chi connectivity index (χ3v) is 14.5. The van der Waals surface area contributed by atoms with Crippen molar-refractivity contribution in [3.05, 3.63) is 120 Å². The van der Waals surface area contributed by atoms with Gasteiger partial charge < -0.3 is 30.4 Å². The molecule has 2 aliphatic carbocycles. The maximum Gasteiger partial charge on any atom is 0.250 e. The Bertz CT molecular complexity index is 2360. The molecule has 2 aliphatic heterocycles. The lowest BCUT2D eigenvalue weighted by atomic mass is 10.0. The van der Waals surface area contributed by atoms with Gasteiger partial charge in [-0.05, 0) is 86.8 Å². The Hall–Kier alpha value is -5.28. The Morgan fingerprint density at radius 3 is 1.32 bits per heavy atom. The number of aromatic amines is 2. The summed E-state index contributed by atoms with van der Waals surface area (Å²) in [5.41, 5.74) is 3.37. The minimum Gasteiger partial charge on any atom is -0.340 e. The number of likely N-dealkylation sites (tertiary alicyclic amines) is 2. The highest BCUT2D eigenvalue weighted by molar-refractivity contribution is 7.25. The summed E-state index contributed by atoms with van der Waals surface area (Å²) in [6.45, 7) is 1.21. The molecule has 10 rings (SSSR count). The number of aromatic nitrogens is 4. The molecule has 4 fully saturated rings. The van der Waals surface area contributed by atoms with Crippen molar-refractivity contribution in [3.63, 3.8) is 0 Å². The van der Waals surface area contributed by atoms with Gasteiger partial charge in [0, 0.05) is 34.7 Å². The number of benzene rings is 2. The van der Waals surface area contributed by atoms with Crippen molar-refractivity contribution in [2.45, 2.75) is 75.5 Å². The highest BCUT2D eigenvalue weighted by atomic mass is 35.5. The number of hydrogen-bond donors (Lipinski definition) is 4. The van der Waals surface area contributed by atoms with Gasteiger partial charge in [-0.15, -0.1) is 47.5 Å². The van der Waals surface area contributed by atoms with Crippen molar-refractivity contribution >= 4 is 71.1 Å². The predicted molar refractivity (Wildman–Crippen MR) is 245 cm³/mol. The van der Waals surface area contributed by atoms with E-state index in [1.807, 2.05) is 82.9 Å². The lowest BCUT2D eigenvalue weighted by Crippen LogP contribution is -2.43. The van der Waals surface area contributed by atoms with Crippen molar-refractivity contribution in [2.24, 2.45) is 11.8 Å². The fraction of sp³-hybridized carbons (Fsp3) is 0.348. The maximum absolute atomic E-state index is 14.1. The minimum atomic E-state index is -0.732. The molecule has 4 aliphatic rings. The Morgan fingerprint density at radius 2 is 0.935 bits per heavy atom. The van der Waals surface area contributed by atoms with Crippen molar-refractivity contribution in [1.82, 2.24) is 40.4 Å². The van der Waals surface area contributed by atoms with Crippen LogP contribution in [-0.2, 0) is 19.2 Å². The maximum atomic E-state index is 14.1. The van der Waals surface area contributed by atoms with Crippen LogP contribution < -0.4 is 10.6 Å². The molecule has 6 heterocycles. The second-order valence-corrected chi connectivity index (χ2v) is 18.5. The topological polar surface area (TPSA) is 156 Å². The zero-order valence-corrected chi connectivity index (χ0v) is 37.1. The lowest BCUT2D eigenvalue weighted by Gasteiger charge is -2.28. The summed E-state index contributed by atoms with van der Waals surface area (Å²) in [4.78, 5) is 78.7. The van der Waals surface area contributed by atoms with E-state index in [1.54, 1.807) is 22.7 Å². The number of nitrogens with one attached hydrogen (secondary N) is 4. The van der Waals surface area contributed by atoms with Crippen LogP contribution in [0.15, 0.2) is 97.3 Å². The first-order valence-corrected chi connectivity index (χ1v) is 22.6. The zero-order valence-electron chi connectivity index (χ0n) is 33.8. The van der Waals surface area contributed by atoms with Crippen LogP contribution in [0.2, 0.25) is 0 Å². The van der Waals surface area contributed by atoms with E-state index >= 15 is 0 Å². The highest BCUT2D eigenvalue weighted by Crippen LogP contribution is 2.42. The number of amides is 4. The average Bonchev–Trinajstić information content (AvgIpc) is 3.76. The molecule has 4 aromatic heterocycles. The summed E-state index contributed by atoms with van der Waals surface area (Å²) < 4.78 is 0. The summed E-state index contributed by atoms with van der Waals surface area (Å²) in [6.07, 6.45) is 10.5. The molecular formula is C46H48Cl2N8O4S2. The molecule has 4 amide bonds. The number of imidazole rings is 2. The molecular weight excluding hydrogens is 864 g/mol. The monoisotopic (exact) mass is 910 g/mol. The standard InChI is InChI=1S/C46H46N8O4S2.2ClH/c55-43(29-15-16-29)51-39(27-9-3-1-4-10-27)45(57)53-23-7-13-33(53)41-47-25-31(49-41)35-19-21-37(59-35)38-22-20-36(60-38)32-26-48-42(50-32)34-14-8-24-54(34)46(58)40(28-11-5-2-6-12-28)52-44(56)30-17-18-30;;/h1-6,9-12,19-22,25-26,29-30,33-34,39-40H,7-8,13-18,23-24H2,(H,47,49)(H,48,50)(H,51,55)(H,52,56);2*1H/t33-,34-,39-,40-;;/m0../s1. The van der Waals surface area contributed by atoms with Gasteiger partial charge >= 0.3 is 0 Å². The van der Waals surface area contributed by atoms with E-state index < -0.39 is 12.1 Å². The molecule has 6 aromatic rings. The molecule has 62 heavy (non-hydrogen) atoms. The first-order chi connectivity index (χ1) is 29.4. The number of carbonyl (C=O) groups is 4. The number of carbonyl (C=O) groups excluding carboxylic acids is 4. The van der Waals surface area contributed by atoms with E-state index in [1.165, 1.54) is 0 Å². The highest BCUT2D eigenvalue weighted by Gasteiger charge is 2.41. The van der Waals surface area contributed by atoms with Crippen molar-refractivity contribution in [3.8, 4) is 30.9 Å². The third-order valence-electron chi connectivity index (χ3n) is 12.1. The predicted octanol–water partition coefficient (Wildman–Crippen LogP) is 8.96. The number of nitrogens with zero attached hydrogens (tertiary/aromatic N) is 4. The molecule has 0 radical (unpaired) electrons. The average molecular weight is 912 g/mol. The van der Waals surface area contributed by atoms with E-state index in [2.05, 4.69) is 44.9 Å². The van der Waals surface area contributed by atoms with Gasteiger partial charge in [-0.3, -0.25) is 19.2 Å². The smallest absolute Gasteiger partial charge is 0.250 e. The van der Waals surface area contributed by atoms with Gasteiger partial charge in [0.1, 0.15) is 23.7 Å². The van der Waals surface area contributed by atoms with Crippen LogP contribution in [-0.4, -0.2) is 66.5 Å². The molecule has 4 N–H and O–H groups in total. The fourth-order valence-electron chi connectivity index (χ4n) is 8.53. The molecule has 2 saturated heterocycles. The quantitative estimate of drug-likeness (QED) is 0.0907. The summed E-state index contributed by atoms with van der Waals surface area (Å²) in [5.74, 6) is 1.19. The largest absolute Gasteiger partial charge is 0.340 e. The Morgan fingerprint density at radius 1 is 0.548 bits per heavy atom. The number of thiophene rings is 2. The Kier molecular flexibility index (Phi) is 13.0. The summed E-state index contributed by atoms with van der Waals surface area (Å²) in [6, 6.07) is 25.6. The molecule has 0 spiro atoms. The third kappa shape index (κ3) is 8.96. The van der Waals surface area contributed by atoms with Crippen LogP contribution in [0.5, 0.6) is 0 Å². The van der Waals surface area contributed by atoms with E-state index in [0.29, 0.717) is 13.1 Å². The molecule has 16 heteroatoms. The van der Waals surface area contributed by atoms with Gasteiger partial charge in [-0.25, -0.2) is 9.97 Å². The summed E-state index contributed by atoms with van der Waals surface area (Å²) in [7, 11) is 0. The Labute approximate surface area is 380 Å². The number of halogens is 2. The molecule has 12 nitrogen and oxygen atoms in total. The Balaban J connectivity index is 0.00000264. The van der Waals surface area contributed by atoms with Crippen LogP contribution >= 0.6 is 47.5 Å². The van der Waals surface area contributed by atoms with Crippen LogP contribution in [0.4, 0.5) is 0 Å². The van der Waals surface area contributed by atoms with E-state index in [0.717, 1.165) is 105 Å². The zero-order chi connectivity index (χ0) is 40.7. The molecule has 2 aromatic carbocycles. The van der Waals surface area contributed by atoms with Gasteiger partial charge in [-0.2, -0.15) is 0 Å². The van der Waals surface area contributed by atoms with Gasteiger partial charge in [0.05, 0.1) is 45.6 Å². The summed E-state index contributed by atoms with van der Waals surface area (Å²) in [5, 5.41) is 6.11. The minimum absolute atomic E-state index is 0. The lowest BCUT2D eigenvalue weighted by molar-refractivity contribution is -0.138. The fourth-order valence-corrected chi connectivity index (χ4v) is 10.6. The first kappa shape index (κ1) is 43.4. The van der Waals surface area contributed by atoms with Crippen molar-refractivity contribution < 1.29 is 19.2 Å². The second kappa shape index (κ2) is 18.6. The SMILES string of the molecule is Cl.Cl.O=C(N[C@H](C(=O)N1CCC[C@H]1c1ncc(-c2ccc(-c3ccc(-c4cnc([C@@H]5CCCN5C(=O)[C@@H](NC(=O)C5CC5)c5ccccc5)[nH]4)s3)s2)[nH]1)c1ccccc1)C1CC1. The molecule has 322 valence electrons. The number of rotatable bonds is 13. The number of hydrogen-bond acceptors (Lipinski definition) is 8. The number of H-pyrrole nitrogens is 2. The molecule has 0 unspecified atom stereocenters. The van der Waals surface area contributed by atoms with Crippen LogP contribution in [0.1, 0.15) is 98.3 Å². The van der Waals surface area contributed by atoms with Crippen LogP contribution in [0.25, 0.3) is 30.9 Å². The van der Waals surface area contributed by atoms with Gasteiger partial charge in [0.25, 0.3) is 0 Å².